The maximum Gasteiger partial charge on any atom is 0.340 e. The molecule has 3 aliphatic rings. The molecule has 4 amide bonds. The van der Waals surface area contributed by atoms with Crippen molar-refractivity contribution in [2.75, 3.05) is 27.9 Å². The summed E-state index contributed by atoms with van der Waals surface area (Å²) in [6.07, 6.45) is 0. The fourth-order valence-corrected chi connectivity index (χ4v) is 3.11. The van der Waals surface area contributed by atoms with Crippen LogP contribution in [0.1, 0.15) is 6.92 Å². The molecular formula is C17H13N7O7. The van der Waals surface area contributed by atoms with Gasteiger partial charge in [-0.15, -0.1) is 0 Å². The summed E-state index contributed by atoms with van der Waals surface area (Å²) in [6, 6.07) is -0.982. The summed E-state index contributed by atoms with van der Waals surface area (Å²) in [4.78, 5) is 50.4. The largest absolute Gasteiger partial charge is 0.504 e. The second-order valence-electron chi connectivity index (χ2n) is 6.24. The van der Waals surface area contributed by atoms with E-state index in [1.807, 2.05) is 10.6 Å². The van der Waals surface area contributed by atoms with Gasteiger partial charge in [-0.2, -0.15) is 0 Å². The van der Waals surface area contributed by atoms with E-state index in [1.165, 1.54) is 0 Å². The van der Waals surface area contributed by atoms with E-state index in [2.05, 4.69) is 26.1 Å². The lowest BCUT2D eigenvalue weighted by atomic mass is 10.1. The molecule has 0 aliphatic carbocycles. The number of anilines is 4. The Bertz CT molecular complexity index is 1140. The van der Waals surface area contributed by atoms with Gasteiger partial charge in [0.05, 0.1) is 13.2 Å². The number of phenolic OH excluding ortho intramolecular Hbond substituents is 2. The third kappa shape index (κ3) is 2.88. The number of phenols is 2. The third-order valence-corrected chi connectivity index (χ3v) is 4.42. The molecule has 1 aromatic carbocycles. The Balaban J connectivity index is 1.75. The molecule has 0 aromatic heterocycles. The Morgan fingerprint density at radius 2 is 1.39 bits per heavy atom. The number of urea groups is 1. The first-order valence-corrected chi connectivity index (χ1v) is 8.66. The first kappa shape index (κ1) is 19.4. The first-order chi connectivity index (χ1) is 14.8. The molecule has 0 unspecified atom stereocenters. The number of esters is 1. The van der Waals surface area contributed by atoms with Crippen molar-refractivity contribution in [2.45, 2.75) is 6.92 Å². The van der Waals surface area contributed by atoms with Gasteiger partial charge in [-0.1, -0.05) is 0 Å². The summed E-state index contributed by atoms with van der Waals surface area (Å²) in [5.41, 5.74) is -1.22. The van der Waals surface area contributed by atoms with Gasteiger partial charge in [-0.25, -0.2) is 9.64 Å². The van der Waals surface area contributed by atoms with Crippen LogP contribution >= 0.6 is 0 Å². The molecule has 4 rings (SSSR count). The van der Waals surface area contributed by atoms with Crippen LogP contribution in [0.4, 0.5) is 27.5 Å². The Kier molecular flexibility index (Phi) is 4.28. The minimum absolute atomic E-state index is 0.0426. The highest BCUT2D eigenvalue weighted by Gasteiger charge is 2.38. The first-order valence-electron chi connectivity index (χ1n) is 8.66. The highest BCUT2D eigenvalue weighted by atomic mass is 16.5. The van der Waals surface area contributed by atoms with Gasteiger partial charge in [0, 0.05) is 0 Å². The smallest absolute Gasteiger partial charge is 0.340 e. The van der Waals surface area contributed by atoms with E-state index in [0.29, 0.717) is 0 Å². The standard InChI is InChI=1S/C17H13N7O7/c1-3-31-16(29)9(18-2)13-21-7-8(22-13)11(26)6-5(10(7)25)19-12(20-6)4-14(27)23-17(30)24-15(4)28/h19-22,25-26H,3H2,1H3,(H2,23,24,27,28,30). The number of amides is 4. The molecule has 0 bridgehead atoms. The van der Waals surface area contributed by atoms with Crippen molar-refractivity contribution in [3.05, 3.63) is 34.3 Å². The van der Waals surface area contributed by atoms with Crippen molar-refractivity contribution in [2.24, 2.45) is 0 Å². The summed E-state index contributed by atoms with van der Waals surface area (Å²) in [5, 5.41) is 35.6. The van der Waals surface area contributed by atoms with Gasteiger partial charge in [-0.3, -0.25) is 25.0 Å². The van der Waals surface area contributed by atoms with E-state index in [9.17, 15) is 29.4 Å². The van der Waals surface area contributed by atoms with E-state index in [-0.39, 0.29) is 41.0 Å². The highest BCUT2D eigenvalue weighted by Crippen LogP contribution is 2.57. The van der Waals surface area contributed by atoms with E-state index < -0.39 is 46.6 Å². The van der Waals surface area contributed by atoms with Crippen molar-refractivity contribution in [1.82, 2.24) is 10.6 Å². The summed E-state index contributed by atoms with van der Waals surface area (Å²) in [6.45, 7) is 8.82. The van der Waals surface area contributed by atoms with Crippen LogP contribution in [0.2, 0.25) is 0 Å². The number of nitrogens with one attached hydrogen (secondary N) is 6. The van der Waals surface area contributed by atoms with Crippen LogP contribution in [-0.4, -0.2) is 40.6 Å². The lowest BCUT2D eigenvalue weighted by molar-refractivity contribution is -0.138. The van der Waals surface area contributed by atoms with Gasteiger partial charge in [0.15, 0.2) is 11.5 Å². The Hall–Kier alpha value is -4.93. The molecule has 3 aliphatic heterocycles. The summed E-state index contributed by atoms with van der Waals surface area (Å²) >= 11 is 0. The van der Waals surface area contributed by atoms with Crippen LogP contribution in [-0.2, 0) is 19.1 Å². The predicted octanol–water partition coefficient (Wildman–Crippen LogP) is 0.00169. The minimum Gasteiger partial charge on any atom is -0.504 e. The monoisotopic (exact) mass is 427 g/mol. The van der Waals surface area contributed by atoms with E-state index in [1.54, 1.807) is 6.92 Å². The van der Waals surface area contributed by atoms with Crippen molar-refractivity contribution in [3.63, 3.8) is 0 Å². The number of aromatic hydroxyl groups is 2. The number of rotatable bonds is 2. The van der Waals surface area contributed by atoms with E-state index >= 15 is 0 Å². The van der Waals surface area contributed by atoms with Gasteiger partial charge >= 0.3 is 17.7 Å². The molecule has 158 valence electrons. The molecule has 31 heavy (non-hydrogen) atoms. The highest BCUT2D eigenvalue weighted by molar-refractivity contribution is 6.30. The predicted molar refractivity (Wildman–Crippen MR) is 103 cm³/mol. The quantitative estimate of drug-likeness (QED) is 0.0790. The Morgan fingerprint density at radius 1 is 0.903 bits per heavy atom. The maximum atomic E-state index is 12.0. The number of hydrogen-bond donors (Lipinski definition) is 8. The van der Waals surface area contributed by atoms with Crippen LogP contribution in [0.15, 0.2) is 22.9 Å². The number of carbonyl (C=O) groups excluding carboxylic acids is 4. The molecule has 14 nitrogen and oxygen atoms in total. The number of ether oxygens (including phenoxy) is 1. The van der Waals surface area contributed by atoms with Crippen LogP contribution < -0.4 is 31.9 Å². The topological polar surface area (TPSA) is 195 Å². The average molecular weight is 427 g/mol. The molecule has 14 heteroatoms. The SMILES string of the molecule is [C-]#[N+]C(C(=O)OCC)=C1Nc2c(O)c3c(c(O)c2N1)NC(=C1C(=O)NC(=O)NC1=O)N3. The zero-order chi connectivity index (χ0) is 22.4. The number of barbiturate groups is 1. The summed E-state index contributed by atoms with van der Waals surface area (Å²) < 4.78 is 4.81. The molecule has 0 saturated carbocycles. The van der Waals surface area contributed by atoms with Gasteiger partial charge in [0.2, 0.25) is 0 Å². The number of fused-ring (bicyclic) bond motifs is 2. The molecular weight excluding hydrogens is 414 g/mol. The molecule has 1 saturated heterocycles. The van der Waals surface area contributed by atoms with Crippen LogP contribution in [0.3, 0.4) is 0 Å². The van der Waals surface area contributed by atoms with E-state index in [4.69, 9.17) is 11.3 Å². The van der Waals surface area contributed by atoms with Gasteiger partial charge in [0.1, 0.15) is 40.0 Å². The van der Waals surface area contributed by atoms with Crippen LogP contribution in [0, 0.1) is 6.57 Å². The number of hydrogen-bond acceptors (Lipinski definition) is 11. The van der Waals surface area contributed by atoms with Crippen molar-refractivity contribution >= 4 is 46.6 Å². The van der Waals surface area contributed by atoms with Crippen LogP contribution in [0.5, 0.6) is 11.5 Å². The zero-order valence-corrected chi connectivity index (χ0v) is 15.6. The Labute approximate surface area is 172 Å². The third-order valence-electron chi connectivity index (χ3n) is 4.42. The number of benzene rings is 1. The number of nitrogens with zero attached hydrogens (tertiary/aromatic N) is 1. The molecule has 1 aromatic rings. The van der Waals surface area contributed by atoms with Gasteiger partial charge < -0.3 is 36.2 Å². The molecule has 0 radical (unpaired) electrons. The molecule has 0 atom stereocenters. The number of imide groups is 2. The fourth-order valence-electron chi connectivity index (χ4n) is 3.11. The Morgan fingerprint density at radius 3 is 1.84 bits per heavy atom. The molecule has 8 N–H and O–H groups in total. The zero-order valence-electron chi connectivity index (χ0n) is 15.6. The van der Waals surface area contributed by atoms with Crippen LogP contribution in [0.25, 0.3) is 4.85 Å². The lowest BCUT2D eigenvalue weighted by Gasteiger charge is -2.16. The minimum atomic E-state index is -0.985. The summed E-state index contributed by atoms with van der Waals surface area (Å²) in [7, 11) is 0. The second kappa shape index (κ2) is 6.84. The molecule has 1 fully saturated rings. The fraction of sp³-hybridized carbons (Fsp3) is 0.118. The lowest BCUT2D eigenvalue weighted by Crippen LogP contribution is -2.52. The summed E-state index contributed by atoms with van der Waals surface area (Å²) in [5.74, 6) is -4.07. The van der Waals surface area contributed by atoms with Gasteiger partial charge in [-0.05, 0) is 6.92 Å². The number of carbonyl (C=O) groups is 4. The normalized spacial score (nSPS) is 16.0. The second-order valence-corrected chi connectivity index (χ2v) is 6.24. The average Bonchev–Trinajstić information content (AvgIpc) is 3.32. The van der Waals surface area contributed by atoms with E-state index in [0.717, 1.165) is 0 Å². The molecule has 0 spiro atoms. The van der Waals surface area contributed by atoms with Gasteiger partial charge in [0.25, 0.3) is 11.8 Å². The van der Waals surface area contributed by atoms with Crippen molar-refractivity contribution < 1.29 is 34.1 Å². The molecule has 3 heterocycles. The van der Waals surface area contributed by atoms with Crippen molar-refractivity contribution in [3.8, 4) is 11.5 Å². The maximum absolute atomic E-state index is 12.0. The van der Waals surface area contributed by atoms with Crippen molar-refractivity contribution in [1.29, 1.82) is 0 Å².